The number of hydrogen-bond donors (Lipinski definition) is 3. The fraction of sp³-hybridized carbons (Fsp3) is 0.341. The van der Waals surface area contributed by atoms with Crippen molar-refractivity contribution in [2.75, 3.05) is 7.11 Å². The number of aryl methyl sites for hydroxylation is 1. The van der Waals surface area contributed by atoms with Gasteiger partial charge < -0.3 is 34.3 Å². The van der Waals surface area contributed by atoms with E-state index >= 15 is 0 Å². The molecule has 1 aliphatic rings. The summed E-state index contributed by atoms with van der Waals surface area (Å²) in [6.45, 7) is 17.8. The van der Waals surface area contributed by atoms with Crippen molar-refractivity contribution in [3.63, 3.8) is 0 Å². The predicted octanol–water partition coefficient (Wildman–Crippen LogP) is 6.56. The fourth-order valence-corrected chi connectivity index (χ4v) is 6.76. The van der Waals surface area contributed by atoms with Crippen molar-refractivity contribution < 1.29 is 58.2 Å². The van der Waals surface area contributed by atoms with Gasteiger partial charge in [0.05, 0.1) is 18.2 Å². The van der Waals surface area contributed by atoms with E-state index in [4.69, 9.17) is 18.9 Å². The Morgan fingerprint density at radius 2 is 1.21 bits per heavy atom. The van der Waals surface area contributed by atoms with Crippen LogP contribution in [-0.4, -0.2) is 57.7 Å². The van der Waals surface area contributed by atoms with Gasteiger partial charge in [0.15, 0.2) is 5.78 Å². The van der Waals surface area contributed by atoms with Gasteiger partial charge in [-0.25, -0.2) is 19.2 Å². The molecule has 0 saturated carbocycles. The van der Waals surface area contributed by atoms with E-state index in [1.807, 2.05) is 6.92 Å². The SMILES string of the molecule is CCc1c(C)c(C(=O)O)c(C)c(C)c1OC(=O)c1c(C)cc(OC(=O)c2c(C)c(C)c(OC(=O)C3(O)C(C)=CC(=O)C=C3OC)c(C)c2C)c(C)c1O. The van der Waals surface area contributed by atoms with Gasteiger partial charge in [0.1, 0.15) is 34.3 Å². The van der Waals surface area contributed by atoms with Gasteiger partial charge in [-0.1, -0.05) is 6.92 Å². The average Bonchev–Trinajstić information content (AvgIpc) is 3.08. The van der Waals surface area contributed by atoms with Crippen LogP contribution in [0.5, 0.6) is 23.0 Å². The van der Waals surface area contributed by atoms with E-state index in [2.05, 4.69) is 0 Å². The van der Waals surface area contributed by atoms with Crippen molar-refractivity contribution in [2.45, 2.75) is 88.2 Å². The number of phenolic OH excluding ortho intramolecular Hbond substituents is 1. The topological polar surface area (TPSA) is 183 Å². The number of carbonyl (C=O) groups excluding carboxylic acids is 4. The molecule has 3 N–H and O–H groups in total. The maximum atomic E-state index is 13.8. The highest BCUT2D eigenvalue weighted by Crippen LogP contribution is 2.40. The van der Waals surface area contributed by atoms with Crippen LogP contribution in [0, 0.1) is 62.3 Å². The van der Waals surface area contributed by atoms with E-state index < -0.39 is 41.0 Å². The lowest BCUT2D eigenvalue weighted by Gasteiger charge is -2.31. The van der Waals surface area contributed by atoms with E-state index in [9.17, 15) is 39.3 Å². The molecule has 0 aromatic heterocycles. The number of esters is 3. The maximum Gasteiger partial charge on any atom is 0.356 e. The van der Waals surface area contributed by atoms with Crippen molar-refractivity contribution in [3.05, 3.63) is 102 Å². The number of rotatable bonds is 9. The zero-order valence-electron chi connectivity index (χ0n) is 32.0. The van der Waals surface area contributed by atoms with Crippen LogP contribution in [0.1, 0.15) is 101 Å². The lowest BCUT2D eigenvalue weighted by atomic mass is 9.87. The zero-order valence-corrected chi connectivity index (χ0v) is 32.0. The van der Waals surface area contributed by atoms with Gasteiger partial charge in [-0.15, -0.1) is 0 Å². The molecule has 0 radical (unpaired) electrons. The number of ether oxygens (including phenoxy) is 4. The standard InChI is InChI=1S/C41H44O12/c1-13-28-25(10)32(37(44)45)19(4)24(9)36(28)52-38(46)31-17(2)14-29(26(11)34(31)43)51-39(47)33-20(5)22(7)35(23(8)21(33)6)53-40(48)41(49)18(3)15-27(42)16-30(41)50-12/h14-16,43,49H,13H2,1-12H3,(H,44,45). The first-order valence-electron chi connectivity index (χ1n) is 16.8. The molecule has 1 aliphatic carbocycles. The Balaban J connectivity index is 1.67. The summed E-state index contributed by atoms with van der Waals surface area (Å²) in [5.41, 5.74) is 1.83. The van der Waals surface area contributed by atoms with Crippen LogP contribution in [0.15, 0.2) is 29.6 Å². The molecule has 4 rings (SSSR count). The van der Waals surface area contributed by atoms with E-state index in [-0.39, 0.29) is 56.4 Å². The molecule has 53 heavy (non-hydrogen) atoms. The molecule has 0 bridgehead atoms. The number of phenols is 1. The molecule has 0 spiro atoms. The molecular weight excluding hydrogens is 684 g/mol. The molecule has 12 heteroatoms. The number of carbonyl (C=O) groups is 5. The Morgan fingerprint density at radius 3 is 1.74 bits per heavy atom. The minimum Gasteiger partial charge on any atom is -0.507 e. The summed E-state index contributed by atoms with van der Waals surface area (Å²) in [7, 11) is 1.22. The fourth-order valence-electron chi connectivity index (χ4n) is 6.76. The molecular formula is C41H44O12. The van der Waals surface area contributed by atoms with Crippen LogP contribution in [0.2, 0.25) is 0 Å². The summed E-state index contributed by atoms with van der Waals surface area (Å²) in [5.74, 6) is -4.71. The molecule has 0 fully saturated rings. The Labute approximate surface area is 307 Å². The van der Waals surface area contributed by atoms with Gasteiger partial charge in [-0.05, 0) is 143 Å². The van der Waals surface area contributed by atoms with E-state index in [0.717, 1.165) is 12.2 Å². The van der Waals surface area contributed by atoms with Crippen LogP contribution in [-0.2, 0) is 20.7 Å². The van der Waals surface area contributed by atoms with Crippen LogP contribution in [0.3, 0.4) is 0 Å². The number of carboxylic acid groups (broad SMARTS) is 1. The summed E-state index contributed by atoms with van der Waals surface area (Å²) in [4.78, 5) is 64.8. The second kappa shape index (κ2) is 14.7. The molecule has 0 aliphatic heterocycles. The number of ketones is 1. The summed E-state index contributed by atoms with van der Waals surface area (Å²) in [6.07, 6.45) is 2.51. The van der Waals surface area contributed by atoms with Crippen LogP contribution < -0.4 is 14.2 Å². The molecule has 1 atom stereocenters. The van der Waals surface area contributed by atoms with Gasteiger partial charge >= 0.3 is 23.9 Å². The highest BCUT2D eigenvalue weighted by atomic mass is 16.6. The average molecular weight is 729 g/mol. The quantitative estimate of drug-likeness (QED) is 0.160. The van der Waals surface area contributed by atoms with Crippen LogP contribution in [0.25, 0.3) is 0 Å². The third kappa shape index (κ3) is 6.70. The molecule has 3 aromatic rings. The Morgan fingerprint density at radius 1 is 0.679 bits per heavy atom. The third-order valence-electron chi connectivity index (χ3n) is 10.3. The lowest BCUT2D eigenvalue weighted by Crippen LogP contribution is -2.47. The number of hydrogen-bond acceptors (Lipinski definition) is 11. The number of benzene rings is 3. The summed E-state index contributed by atoms with van der Waals surface area (Å²) in [5, 5.41) is 32.4. The highest BCUT2D eigenvalue weighted by molar-refractivity contribution is 6.06. The first-order valence-corrected chi connectivity index (χ1v) is 16.8. The minimum absolute atomic E-state index is 0.00991. The van der Waals surface area contributed by atoms with Crippen molar-refractivity contribution in [1.29, 1.82) is 0 Å². The van der Waals surface area contributed by atoms with Crippen LogP contribution >= 0.6 is 0 Å². The second-order valence-corrected chi connectivity index (χ2v) is 13.3. The summed E-state index contributed by atoms with van der Waals surface area (Å²) in [6, 6.07) is 1.44. The Kier molecular flexibility index (Phi) is 11.1. The summed E-state index contributed by atoms with van der Waals surface area (Å²) >= 11 is 0. The van der Waals surface area contributed by atoms with Crippen molar-refractivity contribution >= 4 is 29.7 Å². The maximum absolute atomic E-state index is 13.8. The number of carboxylic acids is 1. The largest absolute Gasteiger partial charge is 0.507 e. The normalized spacial score (nSPS) is 15.4. The van der Waals surface area contributed by atoms with E-state index in [0.29, 0.717) is 50.9 Å². The minimum atomic E-state index is -2.35. The molecule has 280 valence electrons. The number of methoxy groups -OCH3 is 1. The second-order valence-electron chi connectivity index (χ2n) is 13.3. The van der Waals surface area contributed by atoms with Gasteiger partial charge in [0.25, 0.3) is 0 Å². The van der Waals surface area contributed by atoms with Gasteiger partial charge in [-0.3, -0.25) is 4.79 Å². The van der Waals surface area contributed by atoms with Crippen molar-refractivity contribution in [1.82, 2.24) is 0 Å². The van der Waals surface area contributed by atoms with Crippen LogP contribution in [0.4, 0.5) is 0 Å². The predicted molar refractivity (Wildman–Crippen MR) is 194 cm³/mol. The van der Waals surface area contributed by atoms with E-state index in [1.54, 1.807) is 55.4 Å². The van der Waals surface area contributed by atoms with Gasteiger partial charge in [-0.2, -0.15) is 0 Å². The Bertz CT molecular complexity index is 2170. The number of aromatic carboxylic acids is 1. The third-order valence-corrected chi connectivity index (χ3v) is 10.3. The molecule has 12 nitrogen and oxygen atoms in total. The van der Waals surface area contributed by atoms with Crippen molar-refractivity contribution in [3.8, 4) is 23.0 Å². The molecule has 1 unspecified atom stereocenters. The zero-order chi connectivity index (χ0) is 40.0. The molecule has 0 saturated heterocycles. The van der Waals surface area contributed by atoms with Gasteiger partial charge in [0, 0.05) is 11.6 Å². The Hall–Kier alpha value is -5.75. The number of aliphatic hydroxyl groups is 1. The lowest BCUT2D eigenvalue weighted by molar-refractivity contribution is -0.151. The van der Waals surface area contributed by atoms with Gasteiger partial charge in [0.2, 0.25) is 5.60 Å². The van der Waals surface area contributed by atoms with Crippen molar-refractivity contribution in [2.24, 2.45) is 0 Å². The summed E-state index contributed by atoms with van der Waals surface area (Å²) < 4.78 is 22.5. The smallest absolute Gasteiger partial charge is 0.356 e. The first kappa shape index (κ1) is 40.0. The van der Waals surface area contributed by atoms with E-state index in [1.165, 1.54) is 27.0 Å². The number of aromatic hydroxyl groups is 1. The number of allylic oxidation sites excluding steroid dienone is 2. The molecule has 3 aromatic carbocycles. The highest BCUT2D eigenvalue weighted by Gasteiger charge is 2.48. The molecule has 0 heterocycles. The monoisotopic (exact) mass is 728 g/mol. The first-order chi connectivity index (χ1) is 24.6. The molecule has 0 amide bonds.